The highest BCUT2D eigenvalue weighted by Crippen LogP contribution is 2.28. The molecule has 2 heterocycles. The van der Waals surface area contributed by atoms with E-state index in [0.29, 0.717) is 32.7 Å². The van der Waals surface area contributed by atoms with Crippen LogP contribution in [0.2, 0.25) is 0 Å². The number of aromatic nitrogens is 3. The molecule has 7 nitrogen and oxygen atoms in total. The topological polar surface area (TPSA) is 69.5 Å². The van der Waals surface area contributed by atoms with Crippen LogP contribution in [-0.4, -0.2) is 52.4 Å². The molecule has 3 aromatic rings. The molecule has 0 spiro atoms. The highest BCUT2D eigenvalue weighted by Gasteiger charge is 2.25. The summed E-state index contributed by atoms with van der Waals surface area (Å²) in [5.41, 5.74) is 1.09. The van der Waals surface area contributed by atoms with E-state index in [4.69, 9.17) is 9.47 Å². The minimum atomic E-state index is -0.107. The van der Waals surface area contributed by atoms with Crippen LogP contribution in [0.1, 0.15) is 18.1 Å². The molecule has 27 heavy (non-hydrogen) atoms. The fourth-order valence-corrected chi connectivity index (χ4v) is 3.37. The molecular weight excluding hydrogens is 344 g/mol. The lowest BCUT2D eigenvalue weighted by Crippen LogP contribution is -2.42. The number of methoxy groups -OCH3 is 1. The van der Waals surface area contributed by atoms with Crippen molar-refractivity contribution in [1.29, 1.82) is 0 Å². The van der Waals surface area contributed by atoms with E-state index in [0.717, 1.165) is 22.1 Å². The fraction of sp³-hybridized carbons (Fsp3) is 0.350. The molecule has 1 fully saturated rings. The third-order valence-corrected chi connectivity index (χ3v) is 4.91. The molecule has 0 bridgehead atoms. The van der Waals surface area contributed by atoms with E-state index in [9.17, 15) is 4.79 Å². The zero-order valence-electron chi connectivity index (χ0n) is 15.2. The number of morpholine rings is 1. The van der Waals surface area contributed by atoms with E-state index in [1.54, 1.807) is 19.8 Å². The highest BCUT2D eigenvalue weighted by molar-refractivity contribution is 5.84. The first kappa shape index (κ1) is 17.5. The second kappa shape index (κ2) is 7.75. The third kappa shape index (κ3) is 3.93. The van der Waals surface area contributed by atoms with Gasteiger partial charge in [0.05, 0.1) is 20.3 Å². The van der Waals surface area contributed by atoms with Gasteiger partial charge in [-0.25, -0.2) is 0 Å². The number of aryl methyl sites for hydroxylation is 1. The van der Waals surface area contributed by atoms with Gasteiger partial charge in [-0.2, -0.15) is 0 Å². The van der Waals surface area contributed by atoms with Crippen molar-refractivity contribution >= 4 is 16.7 Å². The average molecular weight is 366 g/mol. The minimum absolute atomic E-state index is 0.107. The smallest absolute Gasteiger partial charge is 0.224 e. The van der Waals surface area contributed by atoms with E-state index >= 15 is 0 Å². The van der Waals surface area contributed by atoms with Crippen molar-refractivity contribution < 1.29 is 14.3 Å². The molecule has 2 aromatic carbocycles. The number of hydrogen-bond donors (Lipinski definition) is 0. The van der Waals surface area contributed by atoms with Gasteiger partial charge >= 0.3 is 0 Å². The summed E-state index contributed by atoms with van der Waals surface area (Å²) in [4.78, 5) is 14.4. The van der Waals surface area contributed by atoms with E-state index in [-0.39, 0.29) is 12.0 Å². The number of amides is 1. The van der Waals surface area contributed by atoms with Crippen molar-refractivity contribution in [3.8, 4) is 5.75 Å². The Bertz CT molecular complexity index is 926. The Hall–Kier alpha value is -2.93. The molecule has 1 aromatic heterocycles. The maximum absolute atomic E-state index is 12.6. The number of carbonyl (C=O) groups excluding carboxylic acids is 1. The summed E-state index contributed by atoms with van der Waals surface area (Å²) in [6.07, 6.45) is 3.57. The van der Waals surface area contributed by atoms with Crippen LogP contribution in [0.5, 0.6) is 5.75 Å². The minimum Gasteiger partial charge on any atom is -0.497 e. The van der Waals surface area contributed by atoms with Gasteiger partial charge in [0.2, 0.25) is 5.91 Å². The summed E-state index contributed by atoms with van der Waals surface area (Å²) < 4.78 is 13.0. The summed E-state index contributed by atoms with van der Waals surface area (Å²) in [5, 5.41) is 9.77. The highest BCUT2D eigenvalue weighted by atomic mass is 16.5. The molecule has 1 atom stereocenters. The number of rotatable bonds is 5. The Balaban J connectivity index is 1.44. The third-order valence-electron chi connectivity index (χ3n) is 4.91. The Morgan fingerprint density at radius 1 is 1.19 bits per heavy atom. The molecular formula is C20H22N4O3. The van der Waals surface area contributed by atoms with Crippen LogP contribution in [0.3, 0.4) is 0 Å². The van der Waals surface area contributed by atoms with Crippen LogP contribution in [-0.2, 0) is 16.1 Å². The maximum atomic E-state index is 12.6. The lowest BCUT2D eigenvalue weighted by atomic mass is 10.0. The predicted octanol–water partition coefficient (Wildman–Crippen LogP) is 2.43. The number of carbonyl (C=O) groups is 1. The first-order chi connectivity index (χ1) is 13.2. The summed E-state index contributed by atoms with van der Waals surface area (Å²) in [5.74, 6) is 0.969. The van der Waals surface area contributed by atoms with Crippen LogP contribution < -0.4 is 4.74 Å². The van der Waals surface area contributed by atoms with Crippen LogP contribution in [0.25, 0.3) is 10.8 Å². The predicted molar refractivity (Wildman–Crippen MR) is 100 cm³/mol. The van der Waals surface area contributed by atoms with Crippen molar-refractivity contribution in [2.24, 2.45) is 0 Å². The van der Waals surface area contributed by atoms with E-state index in [1.165, 1.54) is 0 Å². The average Bonchev–Trinajstić information content (AvgIpc) is 3.25. The summed E-state index contributed by atoms with van der Waals surface area (Å²) in [6, 6.07) is 12.3. The van der Waals surface area contributed by atoms with Gasteiger partial charge in [-0.1, -0.05) is 18.2 Å². The van der Waals surface area contributed by atoms with Gasteiger partial charge in [-0.05, 0) is 34.5 Å². The molecule has 0 aliphatic carbocycles. The van der Waals surface area contributed by atoms with Crippen molar-refractivity contribution in [2.75, 3.05) is 26.8 Å². The van der Waals surface area contributed by atoms with Crippen LogP contribution in [0.4, 0.5) is 0 Å². The molecule has 1 aliphatic heterocycles. The van der Waals surface area contributed by atoms with Crippen LogP contribution in [0, 0.1) is 0 Å². The number of hydrogen-bond acceptors (Lipinski definition) is 5. The molecule has 0 unspecified atom stereocenters. The van der Waals surface area contributed by atoms with E-state index in [2.05, 4.69) is 28.4 Å². The largest absolute Gasteiger partial charge is 0.497 e. The molecule has 4 rings (SSSR count). The van der Waals surface area contributed by atoms with Gasteiger partial charge in [-0.15, -0.1) is 10.2 Å². The molecule has 0 saturated carbocycles. The van der Waals surface area contributed by atoms with Crippen molar-refractivity contribution in [3.05, 3.63) is 54.6 Å². The Morgan fingerprint density at radius 2 is 1.96 bits per heavy atom. The normalized spacial score (nSPS) is 17.2. The first-order valence-corrected chi connectivity index (χ1v) is 9.02. The zero-order chi connectivity index (χ0) is 18.6. The van der Waals surface area contributed by atoms with E-state index < -0.39 is 0 Å². The first-order valence-electron chi connectivity index (χ1n) is 9.02. The molecule has 0 radical (unpaired) electrons. The zero-order valence-corrected chi connectivity index (χ0v) is 15.2. The number of fused-ring (bicyclic) bond motifs is 1. The monoisotopic (exact) mass is 366 g/mol. The number of benzene rings is 2. The lowest BCUT2D eigenvalue weighted by molar-refractivity contribution is -0.139. The standard InChI is InChI=1S/C20H22N4O3/c1-26-18-5-4-15-10-17(3-2-16(15)11-18)19-12-24(8-9-27-19)20(25)6-7-23-13-21-22-14-23/h2-5,10-11,13-14,19H,6-9,12H2,1H3/t19-/m1/s1. The summed E-state index contributed by atoms with van der Waals surface area (Å²) in [6.45, 7) is 2.33. The second-order valence-corrected chi connectivity index (χ2v) is 6.62. The van der Waals surface area contributed by atoms with Gasteiger partial charge in [0.15, 0.2) is 0 Å². The molecule has 0 N–H and O–H groups in total. The quantitative estimate of drug-likeness (QED) is 0.694. The number of ether oxygens (including phenoxy) is 2. The Labute approximate surface area is 157 Å². The number of nitrogens with zero attached hydrogens (tertiary/aromatic N) is 4. The van der Waals surface area contributed by atoms with Crippen LogP contribution in [0.15, 0.2) is 49.1 Å². The van der Waals surface area contributed by atoms with Gasteiger partial charge in [-0.3, -0.25) is 4.79 Å². The van der Waals surface area contributed by atoms with Gasteiger partial charge in [0, 0.05) is 19.5 Å². The molecule has 1 aliphatic rings. The molecule has 1 saturated heterocycles. The van der Waals surface area contributed by atoms with Crippen molar-refractivity contribution in [2.45, 2.75) is 19.1 Å². The SMILES string of the molecule is COc1ccc2cc([C@H]3CN(C(=O)CCn4cnnc4)CCO3)ccc2c1. The lowest BCUT2D eigenvalue weighted by Gasteiger charge is -2.33. The second-order valence-electron chi connectivity index (χ2n) is 6.62. The Kier molecular flexibility index (Phi) is 5.02. The summed E-state index contributed by atoms with van der Waals surface area (Å²) >= 11 is 0. The van der Waals surface area contributed by atoms with Crippen LogP contribution >= 0.6 is 0 Å². The molecule has 140 valence electrons. The van der Waals surface area contributed by atoms with Gasteiger partial charge in [0.25, 0.3) is 0 Å². The van der Waals surface area contributed by atoms with Crippen molar-refractivity contribution in [1.82, 2.24) is 19.7 Å². The van der Waals surface area contributed by atoms with Crippen molar-refractivity contribution in [3.63, 3.8) is 0 Å². The summed E-state index contributed by atoms with van der Waals surface area (Å²) in [7, 11) is 1.67. The Morgan fingerprint density at radius 3 is 2.78 bits per heavy atom. The van der Waals surface area contributed by atoms with E-state index in [1.807, 2.05) is 27.7 Å². The molecule has 7 heteroatoms. The van der Waals surface area contributed by atoms with Gasteiger partial charge < -0.3 is 18.9 Å². The maximum Gasteiger partial charge on any atom is 0.224 e. The van der Waals surface area contributed by atoms with Gasteiger partial charge in [0.1, 0.15) is 24.5 Å². The fourth-order valence-electron chi connectivity index (χ4n) is 3.37. The molecule has 1 amide bonds.